The fourth-order valence-corrected chi connectivity index (χ4v) is 6.62. The van der Waals surface area contributed by atoms with Gasteiger partial charge in [0.25, 0.3) is 11.8 Å². The molecule has 0 spiro atoms. The molecule has 1 rings (SSSR count). The molecule has 1 aromatic rings. The lowest BCUT2D eigenvalue weighted by atomic mass is 10.1. The highest BCUT2D eigenvalue weighted by Crippen LogP contribution is 2.35. The van der Waals surface area contributed by atoms with Crippen LogP contribution in [0.15, 0.2) is 0 Å². The first-order valence-corrected chi connectivity index (χ1v) is 13.5. The van der Waals surface area contributed by atoms with E-state index in [1.807, 2.05) is 74.7 Å². The molecule has 0 aromatic heterocycles. The highest BCUT2D eigenvalue weighted by Gasteiger charge is 2.28. The van der Waals surface area contributed by atoms with Gasteiger partial charge in [0.05, 0.1) is 62.1 Å². The number of hydrogen-bond acceptors (Lipinski definition) is 9. The zero-order chi connectivity index (χ0) is 27.3. The van der Waals surface area contributed by atoms with Crippen molar-refractivity contribution in [2.24, 2.45) is 0 Å². The Morgan fingerprint density at radius 1 is 0.750 bits per heavy atom. The quantitative estimate of drug-likeness (QED) is 0.137. The maximum Gasteiger partial charge on any atom is 0.253 e. The SMILES string of the molecule is C.CC(=O)Nc1c(I)c(C(=O)NCC(O)CO)c(I)c(C(=O)NCC(O)CO)c1I.CCC(O)CO. The Morgan fingerprint density at radius 2 is 1.11 bits per heavy atom. The average Bonchev–Trinajstić information content (AvgIpc) is 2.83. The molecule has 208 valence electrons. The molecule has 3 unspecified atom stereocenters. The minimum atomic E-state index is -1.14. The summed E-state index contributed by atoms with van der Waals surface area (Å²) in [5, 5.41) is 60.8. The van der Waals surface area contributed by atoms with Crippen molar-refractivity contribution in [2.75, 3.05) is 38.2 Å². The van der Waals surface area contributed by atoms with Crippen LogP contribution in [0, 0.1) is 10.7 Å². The van der Waals surface area contributed by atoms with Gasteiger partial charge in [-0.15, -0.1) is 0 Å². The Hall–Kier alpha value is -0.420. The van der Waals surface area contributed by atoms with Crippen LogP contribution in [0.25, 0.3) is 0 Å². The number of aliphatic hydroxyl groups excluding tert-OH is 6. The van der Waals surface area contributed by atoms with Crippen molar-refractivity contribution >= 4 is 91.2 Å². The van der Waals surface area contributed by atoms with E-state index in [2.05, 4.69) is 16.0 Å². The molecule has 0 fully saturated rings. The van der Waals surface area contributed by atoms with Crippen LogP contribution in [0.4, 0.5) is 5.69 Å². The lowest BCUT2D eigenvalue weighted by Gasteiger charge is -2.20. The Morgan fingerprint density at radius 3 is 1.36 bits per heavy atom. The van der Waals surface area contributed by atoms with Crippen LogP contribution in [0.5, 0.6) is 0 Å². The molecule has 0 bridgehead atoms. The van der Waals surface area contributed by atoms with E-state index in [0.29, 0.717) is 17.1 Å². The molecule has 0 saturated carbocycles. The molecule has 3 amide bonds. The lowest BCUT2D eigenvalue weighted by Crippen LogP contribution is -2.37. The largest absolute Gasteiger partial charge is 0.394 e. The van der Waals surface area contributed by atoms with Crippen molar-refractivity contribution in [1.82, 2.24) is 10.6 Å². The van der Waals surface area contributed by atoms with E-state index in [9.17, 15) is 24.6 Å². The maximum atomic E-state index is 12.7. The Balaban J connectivity index is 0. The van der Waals surface area contributed by atoms with E-state index >= 15 is 0 Å². The van der Waals surface area contributed by atoms with E-state index in [0.717, 1.165) is 0 Å². The molecule has 3 atom stereocenters. The van der Waals surface area contributed by atoms with Crippen molar-refractivity contribution in [2.45, 2.75) is 46.0 Å². The van der Waals surface area contributed by atoms with Gasteiger partial charge in [-0.2, -0.15) is 0 Å². The van der Waals surface area contributed by atoms with Gasteiger partial charge in [0.1, 0.15) is 0 Å². The molecule has 36 heavy (non-hydrogen) atoms. The summed E-state index contributed by atoms with van der Waals surface area (Å²) in [5.74, 6) is -1.59. The second-order valence-electron chi connectivity index (χ2n) is 7.09. The van der Waals surface area contributed by atoms with Gasteiger partial charge >= 0.3 is 0 Å². The smallest absolute Gasteiger partial charge is 0.253 e. The Kier molecular flexibility index (Phi) is 20.6. The molecule has 0 aliphatic heterocycles. The number of carbonyl (C=O) groups is 3. The molecule has 0 radical (unpaired) electrons. The van der Waals surface area contributed by atoms with E-state index in [1.54, 1.807) is 0 Å². The third-order valence-electron chi connectivity index (χ3n) is 4.17. The number of benzene rings is 1. The minimum Gasteiger partial charge on any atom is -0.394 e. The first-order valence-electron chi connectivity index (χ1n) is 10.3. The fourth-order valence-electron chi connectivity index (χ4n) is 2.20. The third kappa shape index (κ3) is 12.4. The number of nitrogens with one attached hydrogen (secondary N) is 3. The van der Waals surface area contributed by atoms with Crippen molar-refractivity contribution in [1.29, 1.82) is 0 Å². The summed E-state index contributed by atoms with van der Waals surface area (Å²) in [6.07, 6.45) is -2.16. The molecule has 0 heterocycles. The van der Waals surface area contributed by atoms with E-state index in [-0.39, 0.29) is 43.9 Å². The van der Waals surface area contributed by atoms with Crippen LogP contribution in [0.3, 0.4) is 0 Å². The Labute approximate surface area is 251 Å². The van der Waals surface area contributed by atoms with E-state index in [1.165, 1.54) is 6.92 Å². The second-order valence-corrected chi connectivity index (χ2v) is 10.3. The van der Waals surface area contributed by atoms with Gasteiger partial charge in [-0.1, -0.05) is 14.4 Å². The van der Waals surface area contributed by atoms with E-state index in [4.69, 9.17) is 20.4 Å². The number of anilines is 1. The molecule has 1 aromatic carbocycles. The van der Waals surface area contributed by atoms with Gasteiger partial charge < -0.3 is 46.6 Å². The highest BCUT2D eigenvalue weighted by molar-refractivity contribution is 14.1. The fraction of sp³-hybridized carbons (Fsp3) is 0.571. The first kappa shape index (κ1) is 37.7. The molecule has 15 heteroatoms. The summed E-state index contributed by atoms with van der Waals surface area (Å²) in [7, 11) is 0. The second kappa shape index (κ2) is 19.6. The molecule has 0 aliphatic carbocycles. The van der Waals surface area contributed by atoms with Gasteiger partial charge in [-0.05, 0) is 74.2 Å². The predicted octanol–water partition coefficient (Wildman–Crippen LogP) is 0.0105. The monoisotopic (exact) mass is 853 g/mol. The van der Waals surface area contributed by atoms with Crippen LogP contribution >= 0.6 is 67.8 Å². The molecule has 0 saturated heterocycles. The summed E-state index contributed by atoms with van der Waals surface area (Å²) in [5.41, 5.74) is 0.515. The zero-order valence-corrected chi connectivity index (χ0v) is 25.5. The van der Waals surface area contributed by atoms with Crippen LogP contribution in [-0.4, -0.2) is 99.6 Å². The summed E-state index contributed by atoms with van der Waals surface area (Å²) >= 11 is 5.60. The summed E-state index contributed by atoms with van der Waals surface area (Å²) in [6.45, 7) is 1.54. The zero-order valence-electron chi connectivity index (χ0n) is 19.0. The van der Waals surface area contributed by atoms with E-state index < -0.39 is 49.2 Å². The topological polar surface area (TPSA) is 209 Å². The van der Waals surface area contributed by atoms with Gasteiger partial charge in [0.2, 0.25) is 5.91 Å². The summed E-state index contributed by atoms with van der Waals surface area (Å²) in [4.78, 5) is 37.0. The number of carbonyl (C=O) groups excluding carboxylic acids is 3. The van der Waals surface area contributed by atoms with Gasteiger partial charge in [-0.25, -0.2) is 0 Å². The lowest BCUT2D eigenvalue weighted by molar-refractivity contribution is -0.114. The summed E-state index contributed by atoms with van der Waals surface area (Å²) in [6, 6.07) is 0. The van der Waals surface area contributed by atoms with Crippen LogP contribution in [0.1, 0.15) is 48.4 Å². The highest BCUT2D eigenvalue weighted by atomic mass is 127. The standard InChI is InChI=1S/C16H20I3N3O7.C4H10O2.CH4/c1-6(25)22-14-12(18)9(15(28)20-2-7(26)4-23)11(17)10(13(14)19)16(29)21-3-8(27)5-24;1-2-4(6)3-5;/h7-8,23-24,26-27H,2-5H2,1H3,(H,20,28)(H,21,29)(H,22,25);4-6H,2-3H2,1H3;1H4. The van der Waals surface area contributed by atoms with Gasteiger partial charge in [0.15, 0.2) is 0 Å². The van der Waals surface area contributed by atoms with Crippen molar-refractivity contribution < 1.29 is 45.0 Å². The van der Waals surface area contributed by atoms with Gasteiger partial charge in [0, 0.05) is 23.6 Å². The number of hydrogen-bond donors (Lipinski definition) is 9. The molecular formula is C21H34I3N3O9. The number of amides is 3. The summed E-state index contributed by atoms with van der Waals surface area (Å²) < 4.78 is 1.10. The van der Waals surface area contributed by atoms with Crippen LogP contribution in [0.2, 0.25) is 0 Å². The third-order valence-corrected chi connectivity index (χ3v) is 7.41. The Bertz CT molecular complexity index is 818. The molecule has 0 aliphatic rings. The predicted molar refractivity (Wildman–Crippen MR) is 160 cm³/mol. The van der Waals surface area contributed by atoms with Crippen molar-refractivity contribution in [3.05, 3.63) is 21.8 Å². The molecule has 12 nitrogen and oxygen atoms in total. The van der Waals surface area contributed by atoms with Gasteiger partial charge in [-0.3, -0.25) is 14.4 Å². The first-order chi connectivity index (χ1) is 16.4. The number of rotatable bonds is 11. The maximum absolute atomic E-state index is 12.7. The minimum absolute atomic E-state index is 0. The number of halogens is 3. The van der Waals surface area contributed by atoms with Crippen LogP contribution in [-0.2, 0) is 4.79 Å². The average molecular weight is 853 g/mol. The van der Waals surface area contributed by atoms with Crippen molar-refractivity contribution in [3.8, 4) is 0 Å². The molecular weight excluding hydrogens is 819 g/mol. The van der Waals surface area contributed by atoms with Crippen LogP contribution < -0.4 is 16.0 Å². The molecule has 9 N–H and O–H groups in total. The number of aliphatic hydroxyl groups is 6. The van der Waals surface area contributed by atoms with Crippen molar-refractivity contribution in [3.63, 3.8) is 0 Å². The normalized spacial score (nSPS) is 12.8.